The van der Waals surface area contributed by atoms with E-state index in [0.717, 1.165) is 55.4 Å². The highest BCUT2D eigenvalue weighted by atomic mass is 19.1. The van der Waals surface area contributed by atoms with Crippen molar-refractivity contribution in [2.45, 2.75) is 31.7 Å². The van der Waals surface area contributed by atoms with Crippen LogP contribution in [0, 0.1) is 5.82 Å². The first kappa shape index (κ1) is 17.9. The van der Waals surface area contributed by atoms with E-state index in [0.29, 0.717) is 12.5 Å². The average Bonchev–Trinajstić information content (AvgIpc) is 3.01. The Morgan fingerprint density at radius 1 is 1.40 bits per heavy atom. The topological polar surface area (TPSA) is 59.6 Å². The Hall–Kier alpha value is -1.92. The zero-order chi connectivity index (χ0) is 17.8. The zero-order valence-corrected chi connectivity index (χ0v) is 14.7. The lowest BCUT2D eigenvalue weighted by Gasteiger charge is -2.36. The SMILES string of the molecule is CN(CCCO)C1CCN(C(=O)Cc2c[nH]c3ccc(F)cc23)CC1. The molecule has 0 aliphatic carbocycles. The van der Waals surface area contributed by atoms with Crippen molar-refractivity contribution < 1.29 is 14.3 Å². The van der Waals surface area contributed by atoms with Crippen LogP contribution in [0.5, 0.6) is 0 Å². The molecule has 6 heteroatoms. The van der Waals surface area contributed by atoms with Gasteiger partial charge in [0.25, 0.3) is 0 Å². The minimum Gasteiger partial charge on any atom is -0.396 e. The summed E-state index contributed by atoms with van der Waals surface area (Å²) in [7, 11) is 2.08. The number of hydrogen-bond donors (Lipinski definition) is 2. The van der Waals surface area contributed by atoms with E-state index in [1.807, 2.05) is 4.90 Å². The number of benzene rings is 1. The van der Waals surface area contributed by atoms with Crippen LogP contribution in [0.4, 0.5) is 4.39 Å². The third kappa shape index (κ3) is 4.19. The maximum Gasteiger partial charge on any atom is 0.227 e. The van der Waals surface area contributed by atoms with Gasteiger partial charge >= 0.3 is 0 Å². The monoisotopic (exact) mass is 347 g/mol. The van der Waals surface area contributed by atoms with Gasteiger partial charge in [0, 0.05) is 49.4 Å². The van der Waals surface area contributed by atoms with Crippen LogP contribution in [0.15, 0.2) is 24.4 Å². The number of aliphatic hydroxyl groups is 1. The highest BCUT2D eigenvalue weighted by Crippen LogP contribution is 2.22. The summed E-state index contributed by atoms with van der Waals surface area (Å²) in [4.78, 5) is 19.9. The highest BCUT2D eigenvalue weighted by Gasteiger charge is 2.25. The highest BCUT2D eigenvalue weighted by molar-refractivity contribution is 5.89. The summed E-state index contributed by atoms with van der Waals surface area (Å²) >= 11 is 0. The number of H-pyrrole nitrogens is 1. The lowest BCUT2D eigenvalue weighted by atomic mass is 10.0. The number of piperidine rings is 1. The largest absolute Gasteiger partial charge is 0.396 e. The van der Waals surface area contributed by atoms with Crippen molar-refractivity contribution in [3.8, 4) is 0 Å². The number of carbonyl (C=O) groups excluding carboxylic acids is 1. The molecule has 25 heavy (non-hydrogen) atoms. The molecule has 0 bridgehead atoms. The Morgan fingerprint density at radius 2 is 2.16 bits per heavy atom. The van der Waals surface area contributed by atoms with Gasteiger partial charge in [-0.05, 0) is 50.1 Å². The second-order valence-corrected chi connectivity index (χ2v) is 6.85. The number of aromatic amines is 1. The lowest BCUT2D eigenvalue weighted by Crippen LogP contribution is -2.46. The summed E-state index contributed by atoms with van der Waals surface area (Å²) in [5.74, 6) is -0.186. The fraction of sp³-hybridized carbons (Fsp3) is 0.526. The third-order valence-corrected chi connectivity index (χ3v) is 5.18. The van der Waals surface area contributed by atoms with Crippen molar-refractivity contribution in [1.82, 2.24) is 14.8 Å². The first-order chi connectivity index (χ1) is 12.1. The van der Waals surface area contributed by atoms with Gasteiger partial charge in [0.1, 0.15) is 5.82 Å². The maximum atomic E-state index is 13.5. The van der Waals surface area contributed by atoms with Gasteiger partial charge < -0.3 is 19.9 Å². The number of aromatic nitrogens is 1. The first-order valence-electron chi connectivity index (χ1n) is 8.93. The fourth-order valence-corrected chi connectivity index (χ4v) is 3.63. The number of rotatable bonds is 6. The van der Waals surface area contributed by atoms with Crippen LogP contribution in [-0.2, 0) is 11.2 Å². The minimum atomic E-state index is -0.285. The molecule has 1 aromatic carbocycles. The number of nitrogens with zero attached hydrogens (tertiary/aromatic N) is 2. The Bertz CT molecular complexity index is 723. The average molecular weight is 347 g/mol. The molecule has 1 aliphatic rings. The summed E-state index contributed by atoms with van der Waals surface area (Å²) in [6.07, 6.45) is 4.80. The quantitative estimate of drug-likeness (QED) is 0.842. The first-order valence-corrected chi connectivity index (χ1v) is 8.93. The molecule has 0 spiro atoms. The summed E-state index contributed by atoms with van der Waals surface area (Å²) < 4.78 is 13.5. The van der Waals surface area contributed by atoms with E-state index in [4.69, 9.17) is 5.11 Å². The van der Waals surface area contributed by atoms with Gasteiger partial charge in [0.05, 0.1) is 6.42 Å². The summed E-state index contributed by atoms with van der Waals surface area (Å²) in [6.45, 7) is 2.61. The van der Waals surface area contributed by atoms with Gasteiger partial charge in [-0.3, -0.25) is 4.79 Å². The molecule has 136 valence electrons. The van der Waals surface area contributed by atoms with E-state index in [1.165, 1.54) is 12.1 Å². The van der Waals surface area contributed by atoms with E-state index in [9.17, 15) is 9.18 Å². The molecule has 5 nitrogen and oxygen atoms in total. The summed E-state index contributed by atoms with van der Waals surface area (Å²) in [6, 6.07) is 5.07. The van der Waals surface area contributed by atoms with E-state index in [1.54, 1.807) is 12.3 Å². The number of nitrogens with one attached hydrogen (secondary N) is 1. The predicted octanol–water partition coefficient (Wildman–Crippen LogP) is 2.15. The van der Waals surface area contributed by atoms with Crippen molar-refractivity contribution in [1.29, 1.82) is 0 Å². The van der Waals surface area contributed by atoms with Crippen LogP contribution in [0.2, 0.25) is 0 Å². The minimum absolute atomic E-state index is 0.0987. The Balaban J connectivity index is 1.56. The second kappa shape index (κ2) is 7.97. The van der Waals surface area contributed by atoms with Crippen molar-refractivity contribution in [3.05, 3.63) is 35.8 Å². The lowest BCUT2D eigenvalue weighted by molar-refractivity contribution is -0.132. The molecule has 0 unspecified atom stereocenters. The number of hydrogen-bond acceptors (Lipinski definition) is 3. The number of likely N-dealkylation sites (tertiary alicyclic amines) is 1. The van der Waals surface area contributed by atoms with Crippen LogP contribution in [-0.4, -0.2) is 65.1 Å². The molecule has 1 amide bonds. The Labute approximate surface area is 147 Å². The van der Waals surface area contributed by atoms with Gasteiger partial charge in [-0.1, -0.05) is 0 Å². The molecular formula is C19H26FN3O2. The summed E-state index contributed by atoms with van der Waals surface area (Å²) in [5, 5.41) is 9.72. The number of fused-ring (bicyclic) bond motifs is 1. The van der Waals surface area contributed by atoms with Crippen LogP contribution in [0.3, 0.4) is 0 Å². The predicted molar refractivity (Wildman–Crippen MR) is 95.9 cm³/mol. The van der Waals surface area contributed by atoms with E-state index < -0.39 is 0 Å². The molecule has 1 aliphatic heterocycles. The fourth-order valence-electron chi connectivity index (χ4n) is 3.63. The molecular weight excluding hydrogens is 321 g/mol. The Morgan fingerprint density at radius 3 is 2.88 bits per heavy atom. The van der Waals surface area contributed by atoms with E-state index >= 15 is 0 Å². The van der Waals surface area contributed by atoms with Crippen LogP contribution in [0.1, 0.15) is 24.8 Å². The molecule has 1 aromatic heterocycles. The van der Waals surface area contributed by atoms with Gasteiger partial charge in [0.15, 0.2) is 0 Å². The number of aliphatic hydroxyl groups excluding tert-OH is 1. The molecule has 2 N–H and O–H groups in total. The van der Waals surface area contributed by atoms with Crippen LogP contribution >= 0.6 is 0 Å². The third-order valence-electron chi connectivity index (χ3n) is 5.18. The zero-order valence-electron chi connectivity index (χ0n) is 14.7. The van der Waals surface area contributed by atoms with Crippen LogP contribution < -0.4 is 0 Å². The van der Waals surface area contributed by atoms with Gasteiger partial charge in [-0.25, -0.2) is 4.39 Å². The van der Waals surface area contributed by atoms with Crippen molar-refractivity contribution in [2.24, 2.45) is 0 Å². The van der Waals surface area contributed by atoms with Crippen molar-refractivity contribution in [3.63, 3.8) is 0 Å². The Kier molecular flexibility index (Phi) is 5.71. The molecule has 0 atom stereocenters. The number of carbonyl (C=O) groups is 1. The molecule has 1 saturated heterocycles. The van der Waals surface area contributed by atoms with Crippen LogP contribution in [0.25, 0.3) is 10.9 Å². The molecule has 0 radical (unpaired) electrons. The molecule has 2 aromatic rings. The normalized spacial score (nSPS) is 16.1. The summed E-state index contributed by atoms with van der Waals surface area (Å²) in [5.41, 5.74) is 1.70. The van der Waals surface area contributed by atoms with E-state index in [2.05, 4.69) is 16.9 Å². The number of halogens is 1. The maximum absolute atomic E-state index is 13.5. The van der Waals surface area contributed by atoms with Gasteiger partial charge in [-0.2, -0.15) is 0 Å². The van der Waals surface area contributed by atoms with E-state index in [-0.39, 0.29) is 18.3 Å². The van der Waals surface area contributed by atoms with Gasteiger partial charge in [0.2, 0.25) is 5.91 Å². The second-order valence-electron chi connectivity index (χ2n) is 6.85. The molecule has 0 saturated carbocycles. The molecule has 2 heterocycles. The molecule has 3 rings (SSSR count). The van der Waals surface area contributed by atoms with Crippen molar-refractivity contribution in [2.75, 3.05) is 33.3 Å². The standard InChI is InChI=1S/C19H26FN3O2/c1-22(7-2-10-24)16-5-8-23(9-6-16)19(25)11-14-13-21-18-4-3-15(20)12-17(14)18/h3-4,12-13,16,21,24H,2,5-11H2,1H3. The smallest absolute Gasteiger partial charge is 0.227 e. The van der Waals surface area contributed by atoms with Crippen molar-refractivity contribution >= 4 is 16.8 Å². The number of amides is 1. The molecule has 1 fully saturated rings. The van der Waals surface area contributed by atoms with Gasteiger partial charge in [-0.15, -0.1) is 0 Å².